The second-order valence-electron chi connectivity index (χ2n) is 4.95. The standard InChI is InChI=1S/C11H20N2O5/c1-11(2,3)18-10(17)13-7(6-9(15)16)4-5-8(12)14/h7H,4-6H2,1-3H3,(H2,12,14)(H,13,17)(H,15,16)/t7-/m0/s1. The molecular weight excluding hydrogens is 240 g/mol. The Balaban J connectivity index is 4.34. The number of ether oxygens (including phenoxy) is 1. The van der Waals surface area contributed by atoms with Crippen LogP contribution >= 0.6 is 0 Å². The second kappa shape index (κ2) is 6.83. The number of primary amides is 1. The minimum absolute atomic E-state index is 0.00768. The zero-order chi connectivity index (χ0) is 14.3. The molecule has 0 aromatic heterocycles. The van der Waals surface area contributed by atoms with Crippen LogP contribution in [0.5, 0.6) is 0 Å². The molecule has 0 aliphatic carbocycles. The topological polar surface area (TPSA) is 119 Å². The predicted molar refractivity (Wildman–Crippen MR) is 63.8 cm³/mol. The van der Waals surface area contributed by atoms with Crippen molar-refractivity contribution in [3.05, 3.63) is 0 Å². The van der Waals surface area contributed by atoms with Crippen molar-refractivity contribution in [2.45, 2.75) is 51.7 Å². The van der Waals surface area contributed by atoms with Crippen molar-refractivity contribution in [3.63, 3.8) is 0 Å². The van der Waals surface area contributed by atoms with Crippen LogP contribution in [-0.2, 0) is 14.3 Å². The normalized spacial score (nSPS) is 12.6. The molecule has 4 N–H and O–H groups in total. The third-order valence-corrected chi connectivity index (χ3v) is 1.88. The largest absolute Gasteiger partial charge is 0.481 e. The van der Waals surface area contributed by atoms with Gasteiger partial charge < -0.3 is 20.9 Å². The van der Waals surface area contributed by atoms with Gasteiger partial charge in [0.15, 0.2) is 0 Å². The molecule has 104 valence electrons. The number of aliphatic carboxylic acids is 1. The summed E-state index contributed by atoms with van der Waals surface area (Å²) in [7, 11) is 0. The van der Waals surface area contributed by atoms with E-state index in [4.69, 9.17) is 15.6 Å². The maximum absolute atomic E-state index is 11.5. The van der Waals surface area contributed by atoms with Crippen molar-refractivity contribution < 1.29 is 24.2 Å². The fraction of sp³-hybridized carbons (Fsp3) is 0.727. The van der Waals surface area contributed by atoms with Crippen LogP contribution in [0.15, 0.2) is 0 Å². The van der Waals surface area contributed by atoms with Gasteiger partial charge in [-0.15, -0.1) is 0 Å². The number of nitrogens with one attached hydrogen (secondary N) is 1. The smallest absolute Gasteiger partial charge is 0.407 e. The first-order chi connectivity index (χ1) is 8.10. The molecule has 0 aliphatic heterocycles. The van der Waals surface area contributed by atoms with Gasteiger partial charge in [-0.3, -0.25) is 9.59 Å². The summed E-state index contributed by atoms with van der Waals surface area (Å²) < 4.78 is 5.00. The van der Waals surface area contributed by atoms with Crippen LogP contribution in [0.4, 0.5) is 4.79 Å². The Bertz CT molecular complexity index is 322. The molecule has 0 bridgehead atoms. The lowest BCUT2D eigenvalue weighted by atomic mass is 10.1. The van der Waals surface area contributed by atoms with Crippen LogP contribution in [0.3, 0.4) is 0 Å². The van der Waals surface area contributed by atoms with Crippen LogP contribution in [0, 0.1) is 0 Å². The van der Waals surface area contributed by atoms with Crippen LogP contribution in [0.2, 0.25) is 0 Å². The summed E-state index contributed by atoms with van der Waals surface area (Å²) in [4.78, 5) is 32.7. The number of nitrogens with two attached hydrogens (primary N) is 1. The molecule has 7 heteroatoms. The number of carbonyl (C=O) groups is 3. The van der Waals surface area contributed by atoms with E-state index in [0.717, 1.165) is 0 Å². The van der Waals surface area contributed by atoms with Gasteiger partial charge in [-0.25, -0.2) is 4.79 Å². The number of hydrogen-bond acceptors (Lipinski definition) is 4. The fourth-order valence-corrected chi connectivity index (χ4v) is 1.23. The Morgan fingerprint density at radius 2 is 1.89 bits per heavy atom. The first-order valence-corrected chi connectivity index (χ1v) is 5.60. The third kappa shape index (κ3) is 9.44. The molecule has 18 heavy (non-hydrogen) atoms. The van der Waals surface area contributed by atoms with Gasteiger partial charge in [0.05, 0.1) is 6.42 Å². The molecule has 0 spiro atoms. The Morgan fingerprint density at radius 3 is 2.28 bits per heavy atom. The van der Waals surface area contributed by atoms with Gasteiger partial charge in [0.1, 0.15) is 5.60 Å². The second-order valence-corrected chi connectivity index (χ2v) is 4.95. The molecule has 0 fully saturated rings. The number of amides is 2. The Morgan fingerprint density at radius 1 is 1.33 bits per heavy atom. The van der Waals surface area contributed by atoms with Gasteiger partial charge in [-0.05, 0) is 27.2 Å². The average Bonchev–Trinajstić information content (AvgIpc) is 2.09. The molecule has 0 heterocycles. The lowest BCUT2D eigenvalue weighted by Crippen LogP contribution is -2.40. The van der Waals surface area contributed by atoms with E-state index in [-0.39, 0.29) is 19.3 Å². The highest BCUT2D eigenvalue weighted by Crippen LogP contribution is 2.08. The quantitative estimate of drug-likeness (QED) is 0.646. The monoisotopic (exact) mass is 260 g/mol. The molecule has 0 saturated heterocycles. The number of carboxylic acid groups (broad SMARTS) is 1. The third-order valence-electron chi connectivity index (χ3n) is 1.88. The fourth-order valence-electron chi connectivity index (χ4n) is 1.23. The number of rotatable bonds is 6. The molecule has 0 aliphatic rings. The summed E-state index contributed by atoms with van der Waals surface area (Å²) in [5, 5.41) is 11.1. The van der Waals surface area contributed by atoms with Crippen molar-refractivity contribution >= 4 is 18.0 Å². The molecule has 0 radical (unpaired) electrons. The Labute approximate surface area is 106 Å². The van der Waals surface area contributed by atoms with Crippen molar-refractivity contribution in [3.8, 4) is 0 Å². The number of carboxylic acids is 1. The van der Waals surface area contributed by atoms with Gasteiger partial charge in [0.2, 0.25) is 5.91 Å². The minimum atomic E-state index is -1.07. The van der Waals surface area contributed by atoms with Crippen molar-refractivity contribution in [2.24, 2.45) is 5.73 Å². The number of alkyl carbamates (subject to hydrolysis) is 1. The molecule has 0 aromatic carbocycles. The summed E-state index contributed by atoms with van der Waals surface area (Å²) in [6.45, 7) is 5.09. The van der Waals surface area contributed by atoms with Crippen molar-refractivity contribution in [1.82, 2.24) is 5.32 Å². The molecule has 2 amide bonds. The molecule has 7 nitrogen and oxygen atoms in total. The van der Waals surface area contributed by atoms with E-state index in [9.17, 15) is 14.4 Å². The molecule has 1 atom stereocenters. The van der Waals surface area contributed by atoms with E-state index in [1.54, 1.807) is 20.8 Å². The SMILES string of the molecule is CC(C)(C)OC(=O)N[C@@H](CCC(N)=O)CC(=O)O. The number of carbonyl (C=O) groups excluding carboxylic acids is 2. The van der Waals surface area contributed by atoms with E-state index in [1.165, 1.54) is 0 Å². The van der Waals surface area contributed by atoms with E-state index in [0.29, 0.717) is 0 Å². The van der Waals surface area contributed by atoms with Crippen LogP contribution < -0.4 is 11.1 Å². The van der Waals surface area contributed by atoms with Gasteiger partial charge in [-0.1, -0.05) is 0 Å². The highest BCUT2D eigenvalue weighted by molar-refractivity contribution is 5.74. The maximum Gasteiger partial charge on any atom is 0.407 e. The first-order valence-electron chi connectivity index (χ1n) is 5.60. The summed E-state index contributed by atoms with van der Waals surface area (Å²) in [5.74, 6) is -1.61. The zero-order valence-electron chi connectivity index (χ0n) is 10.9. The highest BCUT2D eigenvalue weighted by atomic mass is 16.6. The minimum Gasteiger partial charge on any atom is -0.481 e. The van der Waals surface area contributed by atoms with Crippen LogP contribution in [-0.4, -0.2) is 34.7 Å². The van der Waals surface area contributed by atoms with Gasteiger partial charge in [0.25, 0.3) is 0 Å². The van der Waals surface area contributed by atoms with E-state index < -0.39 is 29.6 Å². The molecular formula is C11H20N2O5. The van der Waals surface area contributed by atoms with E-state index in [2.05, 4.69) is 5.32 Å². The Hall–Kier alpha value is -1.79. The highest BCUT2D eigenvalue weighted by Gasteiger charge is 2.21. The molecule has 0 aromatic rings. The molecule has 0 unspecified atom stereocenters. The maximum atomic E-state index is 11.5. The van der Waals surface area contributed by atoms with E-state index in [1.807, 2.05) is 0 Å². The molecule has 0 rings (SSSR count). The predicted octanol–water partition coefficient (Wildman–Crippen LogP) is 0.620. The van der Waals surface area contributed by atoms with Crippen LogP contribution in [0.1, 0.15) is 40.0 Å². The lowest BCUT2D eigenvalue weighted by Gasteiger charge is -2.22. The molecule has 0 saturated carbocycles. The summed E-state index contributed by atoms with van der Waals surface area (Å²) in [6, 6.07) is -0.676. The zero-order valence-corrected chi connectivity index (χ0v) is 10.9. The number of hydrogen-bond donors (Lipinski definition) is 3. The van der Waals surface area contributed by atoms with Gasteiger partial charge in [0, 0.05) is 12.5 Å². The van der Waals surface area contributed by atoms with E-state index >= 15 is 0 Å². The summed E-state index contributed by atoms with van der Waals surface area (Å²) in [5.41, 5.74) is 4.31. The first kappa shape index (κ1) is 16.2. The summed E-state index contributed by atoms with van der Waals surface area (Å²) >= 11 is 0. The summed E-state index contributed by atoms with van der Waals surface area (Å²) in [6.07, 6.45) is -0.820. The van der Waals surface area contributed by atoms with Crippen LogP contribution in [0.25, 0.3) is 0 Å². The van der Waals surface area contributed by atoms with Crippen molar-refractivity contribution in [2.75, 3.05) is 0 Å². The lowest BCUT2D eigenvalue weighted by molar-refractivity contribution is -0.137. The van der Waals surface area contributed by atoms with Gasteiger partial charge in [-0.2, -0.15) is 0 Å². The Kier molecular flexibility index (Phi) is 6.15. The van der Waals surface area contributed by atoms with Gasteiger partial charge >= 0.3 is 12.1 Å². The average molecular weight is 260 g/mol. The van der Waals surface area contributed by atoms with Crippen molar-refractivity contribution in [1.29, 1.82) is 0 Å².